The van der Waals surface area contributed by atoms with Crippen LogP contribution in [0.3, 0.4) is 0 Å². The molecule has 27 heavy (non-hydrogen) atoms. The summed E-state index contributed by atoms with van der Waals surface area (Å²) in [6.45, 7) is 6.32. The van der Waals surface area contributed by atoms with E-state index in [1.54, 1.807) is 23.0 Å². The fraction of sp³-hybridized carbons (Fsp3) is 0.474. The summed E-state index contributed by atoms with van der Waals surface area (Å²) in [5.41, 5.74) is 0.295. The Balaban J connectivity index is 1.70. The third-order valence-electron chi connectivity index (χ3n) is 4.77. The molecule has 0 radical (unpaired) electrons. The lowest BCUT2D eigenvalue weighted by Crippen LogP contribution is -2.59. The lowest BCUT2D eigenvalue weighted by atomic mass is 9.80. The summed E-state index contributed by atoms with van der Waals surface area (Å²) in [4.78, 5) is 25.4. The molecule has 0 spiro atoms. The highest BCUT2D eigenvalue weighted by molar-refractivity contribution is 5.98. The maximum Gasteiger partial charge on any atom is 0.274 e. The maximum atomic E-state index is 12.7. The zero-order valence-corrected chi connectivity index (χ0v) is 15.5. The molecule has 3 rings (SSSR count). The number of nitrogens with zero attached hydrogens (tertiary/aromatic N) is 3. The number of rotatable bonds is 7. The van der Waals surface area contributed by atoms with Crippen LogP contribution in [-0.2, 0) is 11.3 Å². The SMILES string of the molecule is C=CCNC(=O)C1(NC(=O)c2cc(Cn3cc(C)cn3)on2)CCCCC1. The summed E-state index contributed by atoms with van der Waals surface area (Å²) in [6.07, 6.45) is 9.32. The molecule has 2 aromatic heterocycles. The molecule has 0 atom stereocenters. The van der Waals surface area contributed by atoms with Gasteiger partial charge in [-0.25, -0.2) is 0 Å². The lowest BCUT2D eigenvalue weighted by molar-refractivity contribution is -0.128. The predicted octanol–water partition coefficient (Wildman–Crippen LogP) is 1.96. The fourth-order valence-electron chi connectivity index (χ4n) is 3.39. The van der Waals surface area contributed by atoms with E-state index in [1.807, 2.05) is 13.1 Å². The molecule has 0 saturated heterocycles. The van der Waals surface area contributed by atoms with Crippen LogP contribution >= 0.6 is 0 Å². The Hall–Kier alpha value is -2.90. The van der Waals surface area contributed by atoms with Crippen molar-refractivity contribution in [3.63, 3.8) is 0 Å². The van der Waals surface area contributed by atoms with E-state index < -0.39 is 11.4 Å². The Morgan fingerprint density at radius 3 is 2.81 bits per heavy atom. The molecule has 2 amide bonds. The number of aromatic nitrogens is 3. The van der Waals surface area contributed by atoms with Gasteiger partial charge in [-0.15, -0.1) is 6.58 Å². The highest BCUT2D eigenvalue weighted by Gasteiger charge is 2.41. The number of amides is 2. The Morgan fingerprint density at radius 1 is 1.37 bits per heavy atom. The second kappa shape index (κ2) is 8.20. The van der Waals surface area contributed by atoms with Crippen molar-refractivity contribution in [2.75, 3.05) is 6.54 Å². The van der Waals surface area contributed by atoms with Gasteiger partial charge >= 0.3 is 0 Å². The van der Waals surface area contributed by atoms with Gasteiger partial charge in [-0.1, -0.05) is 30.5 Å². The molecule has 0 aliphatic heterocycles. The van der Waals surface area contributed by atoms with Gasteiger partial charge in [0.25, 0.3) is 5.91 Å². The molecule has 8 nitrogen and oxygen atoms in total. The minimum absolute atomic E-state index is 0.162. The standard InChI is InChI=1S/C19H25N5O3/c1-3-9-20-18(26)19(7-5-4-6-8-19)22-17(25)16-10-15(27-23-16)13-24-12-14(2)11-21-24/h3,10-12H,1,4-9,13H2,2H3,(H,20,26)(H,22,25). The van der Waals surface area contributed by atoms with Crippen molar-refractivity contribution >= 4 is 11.8 Å². The van der Waals surface area contributed by atoms with E-state index in [9.17, 15) is 9.59 Å². The van der Waals surface area contributed by atoms with Gasteiger partial charge in [0.05, 0.1) is 6.20 Å². The van der Waals surface area contributed by atoms with Crippen LogP contribution in [0.2, 0.25) is 0 Å². The van der Waals surface area contributed by atoms with E-state index in [1.165, 1.54) is 0 Å². The number of nitrogens with one attached hydrogen (secondary N) is 2. The number of hydrogen-bond acceptors (Lipinski definition) is 5. The smallest absolute Gasteiger partial charge is 0.274 e. The van der Waals surface area contributed by atoms with Gasteiger partial charge in [0.1, 0.15) is 12.1 Å². The first-order valence-corrected chi connectivity index (χ1v) is 9.19. The molecule has 2 N–H and O–H groups in total. The minimum Gasteiger partial charge on any atom is -0.359 e. The van der Waals surface area contributed by atoms with Gasteiger partial charge in [-0.3, -0.25) is 14.3 Å². The Bertz CT molecular complexity index is 817. The van der Waals surface area contributed by atoms with Crippen LogP contribution in [0.5, 0.6) is 0 Å². The van der Waals surface area contributed by atoms with Crippen molar-refractivity contribution < 1.29 is 14.1 Å². The van der Waals surface area contributed by atoms with Gasteiger partial charge in [0, 0.05) is 18.8 Å². The van der Waals surface area contributed by atoms with Crippen molar-refractivity contribution in [2.24, 2.45) is 0 Å². The molecule has 2 aromatic rings. The highest BCUT2D eigenvalue weighted by atomic mass is 16.5. The van der Waals surface area contributed by atoms with Crippen LogP contribution in [0.4, 0.5) is 0 Å². The molecule has 0 bridgehead atoms. The van der Waals surface area contributed by atoms with Crippen LogP contribution in [0.25, 0.3) is 0 Å². The average molecular weight is 371 g/mol. The third kappa shape index (κ3) is 4.45. The maximum absolute atomic E-state index is 12.7. The molecular weight excluding hydrogens is 346 g/mol. The summed E-state index contributed by atoms with van der Waals surface area (Å²) in [7, 11) is 0. The van der Waals surface area contributed by atoms with Crippen LogP contribution in [0.15, 0.2) is 35.6 Å². The molecule has 1 saturated carbocycles. The van der Waals surface area contributed by atoms with Crippen LogP contribution in [0.1, 0.15) is 53.9 Å². The summed E-state index contributed by atoms with van der Waals surface area (Å²) in [5, 5.41) is 13.8. The number of carbonyl (C=O) groups excluding carboxylic acids is 2. The average Bonchev–Trinajstić information content (AvgIpc) is 3.29. The van der Waals surface area contributed by atoms with E-state index in [0.717, 1.165) is 24.8 Å². The Labute approximate surface area is 158 Å². The molecule has 1 aliphatic rings. The minimum atomic E-state index is -0.906. The molecule has 144 valence electrons. The van der Waals surface area contributed by atoms with E-state index in [2.05, 4.69) is 27.5 Å². The molecule has 2 heterocycles. The predicted molar refractivity (Wildman–Crippen MR) is 99.1 cm³/mol. The summed E-state index contributed by atoms with van der Waals surface area (Å²) in [6, 6.07) is 1.59. The molecular formula is C19H25N5O3. The quantitative estimate of drug-likeness (QED) is 0.725. The monoisotopic (exact) mass is 371 g/mol. The van der Waals surface area contributed by atoms with Crippen molar-refractivity contribution in [1.82, 2.24) is 25.6 Å². The first-order valence-electron chi connectivity index (χ1n) is 9.19. The van der Waals surface area contributed by atoms with Crippen molar-refractivity contribution in [1.29, 1.82) is 0 Å². The lowest BCUT2D eigenvalue weighted by Gasteiger charge is -2.36. The Morgan fingerprint density at radius 2 is 2.15 bits per heavy atom. The van der Waals surface area contributed by atoms with Crippen LogP contribution < -0.4 is 10.6 Å². The van der Waals surface area contributed by atoms with Gasteiger partial charge < -0.3 is 15.2 Å². The first kappa shape index (κ1) is 18.9. The second-order valence-electron chi connectivity index (χ2n) is 6.99. The fourth-order valence-corrected chi connectivity index (χ4v) is 3.39. The summed E-state index contributed by atoms with van der Waals surface area (Å²) >= 11 is 0. The van der Waals surface area contributed by atoms with Gasteiger partial charge in [0.2, 0.25) is 5.91 Å². The molecule has 1 aliphatic carbocycles. The normalized spacial score (nSPS) is 15.9. The zero-order chi connectivity index (χ0) is 19.3. The van der Waals surface area contributed by atoms with Gasteiger partial charge in [-0.2, -0.15) is 5.10 Å². The zero-order valence-electron chi connectivity index (χ0n) is 15.5. The highest BCUT2D eigenvalue weighted by Crippen LogP contribution is 2.29. The number of hydrogen-bond donors (Lipinski definition) is 2. The second-order valence-corrected chi connectivity index (χ2v) is 6.99. The number of carbonyl (C=O) groups is 2. The van der Waals surface area contributed by atoms with Crippen molar-refractivity contribution in [3.8, 4) is 0 Å². The molecule has 0 unspecified atom stereocenters. The first-order chi connectivity index (χ1) is 13.0. The molecule has 0 aromatic carbocycles. The largest absolute Gasteiger partial charge is 0.359 e. The molecule has 8 heteroatoms. The molecule has 1 fully saturated rings. The van der Waals surface area contributed by atoms with E-state index in [4.69, 9.17) is 4.52 Å². The topological polar surface area (TPSA) is 102 Å². The van der Waals surface area contributed by atoms with E-state index in [-0.39, 0.29) is 11.6 Å². The van der Waals surface area contributed by atoms with E-state index >= 15 is 0 Å². The van der Waals surface area contributed by atoms with Gasteiger partial charge in [-0.05, 0) is 25.3 Å². The van der Waals surface area contributed by atoms with Gasteiger partial charge in [0.15, 0.2) is 11.5 Å². The van der Waals surface area contributed by atoms with Crippen molar-refractivity contribution in [2.45, 2.75) is 51.1 Å². The van der Waals surface area contributed by atoms with Crippen LogP contribution in [-0.4, -0.2) is 38.8 Å². The Kier molecular flexibility index (Phi) is 5.73. The number of aryl methyl sites for hydroxylation is 1. The third-order valence-corrected chi connectivity index (χ3v) is 4.77. The van der Waals surface area contributed by atoms with Crippen molar-refractivity contribution in [3.05, 3.63) is 48.1 Å². The van der Waals surface area contributed by atoms with E-state index in [0.29, 0.717) is 31.7 Å². The summed E-state index contributed by atoms with van der Waals surface area (Å²) in [5.74, 6) is -0.0551. The van der Waals surface area contributed by atoms with Crippen LogP contribution in [0, 0.1) is 6.92 Å². The summed E-state index contributed by atoms with van der Waals surface area (Å²) < 4.78 is 6.97.